The zero-order valence-corrected chi connectivity index (χ0v) is 12.9. The van der Waals surface area contributed by atoms with Crippen molar-refractivity contribution in [2.45, 2.75) is 33.6 Å². The highest BCUT2D eigenvalue weighted by atomic mass is 16.4. The number of hydrogen-bond donors (Lipinski definition) is 1. The summed E-state index contributed by atoms with van der Waals surface area (Å²) in [5, 5.41) is 9.07. The van der Waals surface area contributed by atoms with Gasteiger partial charge in [-0.05, 0) is 30.9 Å². The van der Waals surface area contributed by atoms with Gasteiger partial charge in [-0.25, -0.2) is 0 Å². The highest BCUT2D eigenvalue weighted by Gasteiger charge is 2.16. The first-order valence-corrected chi connectivity index (χ1v) is 7.48. The molecule has 0 bridgehead atoms. The normalized spacial score (nSPS) is 12.8. The summed E-state index contributed by atoms with van der Waals surface area (Å²) in [7, 11) is 0. The molecule has 112 valence electrons. The van der Waals surface area contributed by atoms with Crippen LogP contribution >= 0.6 is 0 Å². The van der Waals surface area contributed by atoms with Crippen LogP contribution in [0, 0.1) is 11.8 Å². The number of benzene rings is 1. The molecule has 1 N–H and O–H groups in total. The molecule has 0 aliphatic heterocycles. The van der Waals surface area contributed by atoms with Crippen LogP contribution in [0.1, 0.15) is 32.8 Å². The van der Waals surface area contributed by atoms with Crippen LogP contribution in [0.3, 0.4) is 0 Å². The van der Waals surface area contributed by atoms with Gasteiger partial charge in [0, 0.05) is 13.1 Å². The monoisotopic (exact) mass is 277 g/mol. The number of carboxylic acid groups (broad SMARTS) is 1. The molecule has 3 nitrogen and oxygen atoms in total. The Bertz CT molecular complexity index is 389. The van der Waals surface area contributed by atoms with E-state index in [0.29, 0.717) is 12.5 Å². The van der Waals surface area contributed by atoms with E-state index in [1.807, 2.05) is 18.2 Å². The molecule has 0 radical (unpaired) electrons. The maximum atomic E-state index is 11.0. The molecular weight excluding hydrogens is 250 g/mol. The fourth-order valence-corrected chi connectivity index (χ4v) is 2.13. The summed E-state index contributed by atoms with van der Waals surface area (Å²) in [5.41, 5.74) is 1.31. The summed E-state index contributed by atoms with van der Waals surface area (Å²) in [5.74, 6) is -0.369. The lowest BCUT2D eigenvalue weighted by Gasteiger charge is -2.25. The third-order valence-corrected chi connectivity index (χ3v) is 3.54. The highest BCUT2D eigenvalue weighted by Crippen LogP contribution is 2.08. The van der Waals surface area contributed by atoms with E-state index in [9.17, 15) is 4.79 Å². The molecule has 0 saturated heterocycles. The molecule has 0 aliphatic rings. The molecule has 0 saturated carbocycles. The van der Waals surface area contributed by atoms with Crippen LogP contribution in [-0.4, -0.2) is 35.6 Å². The first-order valence-electron chi connectivity index (χ1n) is 7.48. The molecule has 0 amide bonds. The summed E-state index contributed by atoms with van der Waals surface area (Å²) in [4.78, 5) is 13.3. The van der Waals surface area contributed by atoms with Crippen molar-refractivity contribution in [2.75, 3.05) is 19.6 Å². The van der Waals surface area contributed by atoms with Crippen molar-refractivity contribution in [3.05, 3.63) is 35.9 Å². The van der Waals surface area contributed by atoms with E-state index in [1.165, 1.54) is 5.56 Å². The van der Waals surface area contributed by atoms with Crippen molar-refractivity contribution >= 4 is 5.97 Å². The zero-order chi connectivity index (χ0) is 15.0. The fraction of sp³-hybridized carbons (Fsp3) is 0.588. The first-order chi connectivity index (χ1) is 9.49. The fourth-order valence-electron chi connectivity index (χ4n) is 2.13. The molecule has 1 atom stereocenters. The largest absolute Gasteiger partial charge is 0.481 e. The number of carbonyl (C=O) groups is 1. The van der Waals surface area contributed by atoms with Crippen LogP contribution in [-0.2, 0) is 11.2 Å². The maximum absolute atomic E-state index is 11.0. The molecule has 1 aromatic rings. The lowest BCUT2D eigenvalue weighted by molar-refractivity contribution is -0.141. The van der Waals surface area contributed by atoms with Gasteiger partial charge in [-0.1, -0.05) is 51.1 Å². The molecule has 1 rings (SSSR count). The molecule has 3 heteroatoms. The van der Waals surface area contributed by atoms with Gasteiger partial charge in [0.2, 0.25) is 0 Å². The van der Waals surface area contributed by atoms with Gasteiger partial charge in [0.05, 0.1) is 5.92 Å². The Balaban J connectivity index is 2.50. The average Bonchev–Trinajstić information content (AvgIpc) is 2.42. The third-order valence-electron chi connectivity index (χ3n) is 3.54. The van der Waals surface area contributed by atoms with Crippen molar-refractivity contribution in [1.82, 2.24) is 4.90 Å². The molecule has 1 aromatic carbocycles. The van der Waals surface area contributed by atoms with Crippen molar-refractivity contribution in [3.63, 3.8) is 0 Å². The van der Waals surface area contributed by atoms with Gasteiger partial charge in [-0.2, -0.15) is 0 Å². The van der Waals surface area contributed by atoms with Gasteiger partial charge < -0.3 is 10.0 Å². The van der Waals surface area contributed by atoms with Gasteiger partial charge in [0.25, 0.3) is 0 Å². The summed E-state index contributed by atoms with van der Waals surface area (Å²) in [6, 6.07) is 10.4. The van der Waals surface area contributed by atoms with Crippen LogP contribution in [0.5, 0.6) is 0 Å². The van der Waals surface area contributed by atoms with E-state index in [4.69, 9.17) is 5.11 Å². The quantitative estimate of drug-likeness (QED) is 0.753. The van der Waals surface area contributed by atoms with Gasteiger partial charge >= 0.3 is 5.97 Å². The lowest BCUT2D eigenvalue weighted by atomic mass is 10.1. The van der Waals surface area contributed by atoms with E-state index in [2.05, 4.69) is 30.9 Å². The van der Waals surface area contributed by atoms with E-state index in [1.54, 1.807) is 6.92 Å². The second kappa shape index (κ2) is 8.75. The lowest BCUT2D eigenvalue weighted by Crippen LogP contribution is -2.34. The number of carboxylic acids is 1. The van der Waals surface area contributed by atoms with E-state index < -0.39 is 5.97 Å². The number of aliphatic carboxylic acids is 1. The SMILES string of the molecule is CC(C)CCN(CCc1ccccc1)CC(C)C(=O)O. The van der Waals surface area contributed by atoms with Crippen molar-refractivity contribution in [3.8, 4) is 0 Å². The Kier molecular flexibility index (Phi) is 7.31. The summed E-state index contributed by atoms with van der Waals surface area (Å²) < 4.78 is 0. The van der Waals surface area contributed by atoms with Crippen LogP contribution in [0.2, 0.25) is 0 Å². The Morgan fingerprint density at radius 3 is 2.35 bits per heavy atom. The molecular formula is C17H27NO2. The Labute approximate surface area is 122 Å². The van der Waals surface area contributed by atoms with Crippen molar-refractivity contribution in [1.29, 1.82) is 0 Å². The predicted molar refractivity (Wildman–Crippen MR) is 82.8 cm³/mol. The summed E-state index contributed by atoms with van der Waals surface area (Å²) in [6.07, 6.45) is 2.09. The van der Waals surface area contributed by atoms with Crippen molar-refractivity contribution in [2.24, 2.45) is 11.8 Å². The summed E-state index contributed by atoms with van der Waals surface area (Å²) in [6.45, 7) is 8.73. The average molecular weight is 277 g/mol. The summed E-state index contributed by atoms with van der Waals surface area (Å²) >= 11 is 0. The van der Waals surface area contributed by atoms with Crippen LogP contribution in [0.4, 0.5) is 0 Å². The Morgan fingerprint density at radius 2 is 1.80 bits per heavy atom. The second-order valence-corrected chi connectivity index (χ2v) is 5.96. The van der Waals surface area contributed by atoms with Gasteiger partial charge in [-0.15, -0.1) is 0 Å². The Morgan fingerprint density at radius 1 is 1.15 bits per heavy atom. The third kappa shape index (κ3) is 6.71. The molecule has 0 aliphatic carbocycles. The maximum Gasteiger partial charge on any atom is 0.307 e. The van der Waals surface area contributed by atoms with Gasteiger partial charge in [0.1, 0.15) is 0 Å². The van der Waals surface area contributed by atoms with E-state index in [0.717, 1.165) is 25.9 Å². The minimum absolute atomic E-state index is 0.307. The van der Waals surface area contributed by atoms with E-state index >= 15 is 0 Å². The van der Waals surface area contributed by atoms with Crippen LogP contribution in [0.25, 0.3) is 0 Å². The topological polar surface area (TPSA) is 40.5 Å². The smallest absolute Gasteiger partial charge is 0.307 e. The van der Waals surface area contributed by atoms with E-state index in [-0.39, 0.29) is 5.92 Å². The Hall–Kier alpha value is -1.35. The standard InChI is InChI=1S/C17H27NO2/c1-14(2)9-11-18(13-15(3)17(19)20)12-10-16-7-5-4-6-8-16/h4-8,14-15H,9-13H2,1-3H3,(H,19,20). The first kappa shape index (κ1) is 16.7. The minimum Gasteiger partial charge on any atom is -0.481 e. The molecule has 0 fully saturated rings. The molecule has 0 heterocycles. The molecule has 1 unspecified atom stereocenters. The predicted octanol–water partition coefficient (Wildman–Crippen LogP) is 3.30. The van der Waals surface area contributed by atoms with Crippen molar-refractivity contribution < 1.29 is 9.90 Å². The number of hydrogen-bond acceptors (Lipinski definition) is 2. The van der Waals surface area contributed by atoms with Crippen LogP contribution < -0.4 is 0 Å². The highest BCUT2D eigenvalue weighted by molar-refractivity contribution is 5.69. The second-order valence-electron chi connectivity index (χ2n) is 5.96. The molecule has 0 spiro atoms. The number of nitrogens with zero attached hydrogens (tertiary/aromatic N) is 1. The molecule has 20 heavy (non-hydrogen) atoms. The van der Waals surface area contributed by atoms with Gasteiger partial charge in [0.15, 0.2) is 0 Å². The number of rotatable bonds is 9. The molecule has 0 aromatic heterocycles. The van der Waals surface area contributed by atoms with Crippen LogP contribution in [0.15, 0.2) is 30.3 Å². The zero-order valence-electron chi connectivity index (χ0n) is 12.9. The minimum atomic E-state index is -0.709. The van der Waals surface area contributed by atoms with Gasteiger partial charge in [-0.3, -0.25) is 4.79 Å².